The molecule has 0 saturated carbocycles. The van der Waals surface area contributed by atoms with Crippen molar-refractivity contribution in [3.63, 3.8) is 0 Å². The summed E-state index contributed by atoms with van der Waals surface area (Å²) in [5.41, 5.74) is 2.27. The van der Waals surface area contributed by atoms with Gasteiger partial charge in [0.05, 0.1) is 0 Å². The van der Waals surface area contributed by atoms with Gasteiger partial charge in [0, 0.05) is 36.3 Å². The molecule has 3 saturated heterocycles. The van der Waals surface area contributed by atoms with Crippen LogP contribution >= 0.6 is 0 Å². The number of fused-ring (bicyclic) bond motifs is 6. The van der Waals surface area contributed by atoms with Crippen LogP contribution in [0.1, 0.15) is 171 Å². The second kappa shape index (κ2) is 22.5. The first-order valence-electron chi connectivity index (χ1n) is 19.9. The molecular weight excluding hydrogens is 833 g/mol. The fraction of sp³-hybridized carbons (Fsp3) is 0.848. The summed E-state index contributed by atoms with van der Waals surface area (Å²) >= 11 is 0. The molecule has 3 aliphatic heterocycles. The molecule has 4 heteroatoms. The molecule has 292 valence electrons. The standard InChI is InChI=1S/2C10H17N.C6H8N.C6H14.2C5H12.C4H9.U/c2*1-10(2,3)11-7-8-4-5-9(11)6-8;1-2-6-3-5(1)4-7-6;1-5-6(2,3)4;2*1-5(2,3)4;1-4(2)3;/h2*4-5,8-9H,6-7H2,1-3H3;1-2,5-6H,3-4H2;5H2,1-4H3;2*1-4H3;1-3H3;/q;;-1;;;;-1;+2. The Kier molecular flexibility index (Phi) is 23.5. The second-order valence-electron chi connectivity index (χ2n) is 22.3. The number of nitrogens with zero attached hydrogens (tertiary/aromatic N) is 3. The van der Waals surface area contributed by atoms with Crippen molar-refractivity contribution in [1.82, 2.24) is 9.80 Å². The first-order valence-corrected chi connectivity index (χ1v) is 19.9. The molecule has 50 heavy (non-hydrogen) atoms. The molecule has 3 aliphatic carbocycles. The van der Waals surface area contributed by atoms with Crippen LogP contribution in [0.2, 0.25) is 0 Å². The van der Waals surface area contributed by atoms with E-state index in [0.717, 1.165) is 36.4 Å². The van der Waals surface area contributed by atoms with Crippen molar-refractivity contribution in [2.45, 2.75) is 200 Å². The van der Waals surface area contributed by atoms with Gasteiger partial charge in [0.15, 0.2) is 0 Å². The Morgan fingerprint density at radius 1 is 0.540 bits per heavy atom. The first-order chi connectivity index (χ1) is 21.9. The normalized spacial score (nSPS) is 27.2. The minimum absolute atomic E-state index is 0. The van der Waals surface area contributed by atoms with Crippen molar-refractivity contribution in [2.24, 2.45) is 34.0 Å². The molecule has 0 aromatic heterocycles. The van der Waals surface area contributed by atoms with E-state index < -0.39 is 0 Å². The van der Waals surface area contributed by atoms with E-state index in [0.29, 0.717) is 33.4 Å². The smallest absolute Gasteiger partial charge is 0.656 e. The van der Waals surface area contributed by atoms with Gasteiger partial charge < -0.3 is 11.2 Å². The van der Waals surface area contributed by atoms with Crippen molar-refractivity contribution in [3.05, 3.63) is 47.7 Å². The number of likely N-dealkylation sites (tertiary alicyclic amines) is 2. The van der Waals surface area contributed by atoms with Gasteiger partial charge in [-0.15, -0.1) is 18.7 Å². The quantitative estimate of drug-likeness (QED) is 0.178. The summed E-state index contributed by atoms with van der Waals surface area (Å²) in [6.07, 6.45) is 19.3. The van der Waals surface area contributed by atoms with Gasteiger partial charge in [0.2, 0.25) is 0 Å². The summed E-state index contributed by atoms with van der Waals surface area (Å²) in [6.45, 7) is 50.2. The largest absolute Gasteiger partial charge is 2.00 e. The van der Waals surface area contributed by atoms with Gasteiger partial charge in [0.25, 0.3) is 0 Å². The molecular formula is C46H89N3U. The predicted molar refractivity (Wildman–Crippen MR) is 225 cm³/mol. The van der Waals surface area contributed by atoms with E-state index in [1.807, 2.05) is 0 Å². The van der Waals surface area contributed by atoms with Crippen LogP contribution in [-0.4, -0.2) is 58.6 Å². The number of hydrogen-bond acceptors (Lipinski definition) is 2. The fourth-order valence-electron chi connectivity index (χ4n) is 5.85. The van der Waals surface area contributed by atoms with Crippen LogP contribution in [0.3, 0.4) is 0 Å². The van der Waals surface area contributed by atoms with Crippen LogP contribution in [-0.2, 0) is 0 Å². The molecule has 6 unspecified atom stereocenters. The van der Waals surface area contributed by atoms with Gasteiger partial charge in [-0.3, -0.25) is 9.80 Å². The van der Waals surface area contributed by atoms with Crippen molar-refractivity contribution in [1.29, 1.82) is 0 Å². The van der Waals surface area contributed by atoms with Gasteiger partial charge in [-0.2, -0.15) is 20.8 Å². The summed E-state index contributed by atoms with van der Waals surface area (Å²) in [4.78, 5) is 5.22. The minimum Gasteiger partial charge on any atom is -0.656 e. The Bertz CT molecular complexity index is 891. The van der Waals surface area contributed by atoms with Gasteiger partial charge >= 0.3 is 31.1 Å². The van der Waals surface area contributed by atoms with Crippen molar-refractivity contribution < 1.29 is 31.1 Å². The van der Waals surface area contributed by atoms with Crippen LogP contribution in [0.25, 0.3) is 5.32 Å². The van der Waals surface area contributed by atoms with Gasteiger partial charge in [-0.25, -0.2) is 0 Å². The zero-order chi connectivity index (χ0) is 38.6. The maximum Gasteiger partial charge on any atom is 2.00 e. The van der Waals surface area contributed by atoms with Crippen LogP contribution in [0.5, 0.6) is 0 Å². The van der Waals surface area contributed by atoms with E-state index in [2.05, 4.69) is 197 Å². The average Bonchev–Trinajstić information content (AvgIpc) is 3.75. The molecule has 3 nitrogen and oxygen atoms in total. The molecule has 6 atom stereocenters. The van der Waals surface area contributed by atoms with E-state index in [9.17, 15) is 0 Å². The number of rotatable bonds is 0. The van der Waals surface area contributed by atoms with E-state index in [-0.39, 0.29) is 31.1 Å². The van der Waals surface area contributed by atoms with E-state index in [1.165, 1.54) is 44.7 Å². The Morgan fingerprint density at radius 3 is 0.920 bits per heavy atom. The van der Waals surface area contributed by atoms with E-state index in [1.54, 1.807) is 0 Å². The van der Waals surface area contributed by atoms with Gasteiger partial charge in [-0.1, -0.05) is 126 Å². The molecule has 0 spiro atoms. The Labute approximate surface area is 340 Å². The molecule has 3 fully saturated rings. The Morgan fingerprint density at radius 2 is 0.840 bits per heavy atom. The average molecular weight is 922 g/mol. The summed E-state index contributed by atoms with van der Waals surface area (Å²) in [7, 11) is 0. The molecule has 0 aromatic rings. The van der Waals surface area contributed by atoms with Crippen LogP contribution in [0.15, 0.2) is 36.5 Å². The van der Waals surface area contributed by atoms with Crippen LogP contribution in [0, 0.1) is 71.0 Å². The third-order valence-electron chi connectivity index (χ3n) is 8.47. The van der Waals surface area contributed by atoms with Crippen LogP contribution < -0.4 is 0 Å². The summed E-state index contributed by atoms with van der Waals surface area (Å²) in [6, 6.07) is 2.12. The molecule has 6 bridgehead atoms. The third-order valence-corrected chi connectivity index (χ3v) is 8.47. The maximum atomic E-state index is 4.32. The van der Waals surface area contributed by atoms with Gasteiger partial charge in [-0.05, 0) is 88.4 Å². The van der Waals surface area contributed by atoms with Crippen molar-refractivity contribution >= 4 is 0 Å². The number of hydrogen-bond donors (Lipinski definition) is 0. The Balaban J connectivity index is 0. The Hall–Kier alpha value is 0.152. The van der Waals surface area contributed by atoms with Crippen LogP contribution in [0.4, 0.5) is 0 Å². The second-order valence-corrected chi connectivity index (χ2v) is 22.3. The molecule has 6 aliphatic rings. The summed E-state index contributed by atoms with van der Waals surface area (Å²) in [5.74, 6) is 3.96. The zero-order valence-corrected chi connectivity index (χ0v) is 41.9. The molecule has 0 aromatic carbocycles. The zero-order valence-electron chi connectivity index (χ0n) is 37.7. The maximum absolute atomic E-state index is 4.32. The molecule has 3 heterocycles. The predicted octanol–water partition coefficient (Wildman–Crippen LogP) is 13.6. The summed E-state index contributed by atoms with van der Waals surface area (Å²) < 4.78 is 0. The SMILES string of the molecule is C1=CC2CC1C[N-]2.CC(C)(C)C.CC(C)(C)C.CC(C)(C)N1CC2C=CC1C2.CC(C)(C)N1CC2C=CC1C2.CCC(C)(C)C.C[C-](C)C.[U+2]. The van der Waals surface area contributed by atoms with E-state index in [4.69, 9.17) is 0 Å². The van der Waals surface area contributed by atoms with E-state index >= 15 is 0 Å². The molecule has 6 rings (SSSR count). The van der Waals surface area contributed by atoms with Crippen molar-refractivity contribution in [3.8, 4) is 0 Å². The molecule has 0 N–H and O–H groups in total. The summed E-state index contributed by atoms with van der Waals surface area (Å²) in [5, 5.41) is 4.32. The molecule has 0 radical (unpaired) electrons. The first kappa shape index (κ1) is 52.3. The monoisotopic (exact) mass is 922 g/mol. The van der Waals surface area contributed by atoms with Gasteiger partial charge in [0.1, 0.15) is 0 Å². The third kappa shape index (κ3) is 26.8. The van der Waals surface area contributed by atoms with Crippen molar-refractivity contribution in [2.75, 3.05) is 19.6 Å². The minimum atomic E-state index is 0. The fourth-order valence-corrected chi connectivity index (χ4v) is 5.85. The topological polar surface area (TPSA) is 20.6 Å². The molecule has 0 amide bonds.